The van der Waals surface area contributed by atoms with E-state index in [4.69, 9.17) is 0 Å². The Hall–Kier alpha value is -4.98. The molecule has 3 heterocycles. The summed E-state index contributed by atoms with van der Waals surface area (Å²) >= 11 is 1.86. The summed E-state index contributed by atoms with van der Waals surface area (Å²) in [4.78, 5) is 50.2. The summed E-state index contributed by atoms with van der Waals surface area (Å²) in [5.41, 5.74) is 2.29. The van der Waals surface area contributed by atoms with Crippen LogP contribution in [0.1, 0.15) is 25.7 Å². The van der Waals surface area contributed by atoms with Gasteiger partial charge in [-0.3, -0.25) is 25.0 Å². The highest BCUT2D eigenvalue weighted by Crippen LogP contribution is 2.36. The Morgan fingerprint density at radius 2 is 1.53 bits per heavy atom. The maximum absolute atomic E-state index is 12.6. The Morgan fingerprint density at radius 3 is 2.16 bits per heavy atom. The molecular formula is C29H27N7O6S. The van der Waals surface area contributed by atoms with Crippen molar-refractivity contribution in [2.24, 2.45) is 0 Å². The third-order valence-electron chi connectivity index (χ3n) is 7.68. The Labute approximate surface area is 249 Å². The first-order valence-corrected chi connectivity index (χ1v) is 14.8. The lowest BCUT2D eigenvalue weighted by Crippen LogP contribution is -2.36. The average Bonchev–Trinajstić information content (AvgIpc) is 3.54. The van der Waals surface area contributed by atoms with Crippen molar-refractivity contribution < 1.29 is 19.4 Å². The van der Waals surface area contributed by atoms with E-state index < -0.39 is 9.85 Å². The number of rotatable bonds is 10. The van der Waals surface area contributed by atoms with Crippen molar-refractivity contribution in [3.63, 3.8) is 0 Å². The number of benzene rings is 3. The third kappa shape index (κ3) is 6.00. The molecule has 2 saturated heterocycles. The number of nitrogens with one attached hydrogen (secondary N) is 4. The molecule has 0 aliphatic carbocycles. The van der Waals surface area contributed by atoms with Gasteiger partial charge in [-0.1, -0.05) is 6.42 Å². The highest BCUT2D eigenvalue weighted by molar-refractivity contribution is 8.00. The first kappa shape index (κ1) is 28.2. The van der Waals surface area contributed by atoms with Gasteiger partial charge >= 0.3 is 6.03 Å². The van der Waals surface area contributed by atoms with E-state index in [2.05, 4.69) is 26.3 Å². The molecule has 3 unspecified atom stereocenters. The molecule has 3 amide bonds. The summed E-state index contributed by atoms with van der Waals surface area (Å²) in [7, 11) is 0. The van der Waals surface area contributed by atoms with E-state index in [0.717, 1.165) is 25.0 Å². The molecule has 3 aromatic carbocycles. The standard InChI is InChI=1S/C29H27N7O6S/c37-26(4-2-1-3-25-28-24(15-43-25)33-29(38)34-28)30-16-5-7-17(8-6-16)31-27-20-11-9-18(35(39)40)13-22(20)32-23-14-19(36(41)42)10-12-21(23)27/h5-14,24-25,28H,1-4,15H2,(H,30,37)(H,31,32)(H2,33,34,38). The maximum Gasteiger partial charge on any atom is 0.315 e. The number of nitro groups is 2. The molecule has 6 rings (SSSR count). The predicted octanol–water partition coefficient (Wildman–Crippen LogP) is 5.61. The second-order valence-electron chi connectivity index (χ2n) is 10.5. The molecule has 3 atom stereocenters. The van der Waals surface area contributed by atoms with Crippen molar-refractivity contribution >= 4 is 73.9 Å². The van der Waals surface area contributed by atoms with Crippen molar-refractivity contribution in [1.82, 2.24) is 15.6 Å². The van der Waals surface area contributed by atoms with Crippen LogP contribution in [-0.2, 0) is 4.79 Å². The van der Waals surface area contributed by atoms with E-state index in [1.54, 1.807) is 36.4 Å². The van der Waals surface area contributed by atoms with Crippen LogP contribution in [0.5, 0.6) is 0 Å². The zero-order valence-corrected chi connectivity index (χ0v) is 23.6. The quantitative estimate of drug-likeness (QED) is 0.0590. The second kappa shape index (κ2) is 11.7. The first-order valence-electron chi connectivity index (χ1n) is 13.8. The fourth-order valence-electron chi connectivity index (χ4n) is 5.56. The number of thioether (sulfide) groups is 1. The molecule has 4 N–H and O–H groups in total. The van der Waals surface area contributed by atoms with Gasteiger partial charge in [0.15, 0.2) is 0 Å². The van der Waals surface area contributed by atoms with E-state index >= 15 is 0 Å². The number of fused-ring (bicyclic) bond motifs is 3. The number of nitro benzene ring substituents is 2. The molecule has 2 fully saturated rings. The zero-order valence-electron chi connectivity index (χ0n) is 22.7. The zero-order chi connectivity index (χ0) is 30.1. The van der Waals surface area contributed by atoms with E-state index in [9.17, 15) is 29.8 Å². The van der Waals surface area contributed by atoms with Crippen LogP contribution in [0.2, 0.25) is 0 Å². The number of amides is 3. The van der Waals surface area contributed by atoms with Gasteiger partial charge in [0.25, 0.3) is 11.4 Å². The summed E-state index contributed by atoms with van der Waals surface area (Å²) in [5, 5.41) is 36.4. The minimum Gasteiger partial charge on any atom is -0.354 e. The molecule has 2 aliphatic rings. The molecule has 0 radical (unpaired) electrons. The monoisotopic (exact) mass is 601 g/mol. The number of non-ortho nitro benzene ring substituents is 2. The number of anilines is 3. The largest absolute Gasteiger partial charge is 0.354 e. The number of aromatic nitrogens is 1. The number of hydrogen-bond acceptors (Lipinski definition) is 9. The summed E-state index contributed by atoms with van der Waals surface area (Å²) in [5.74, 6) is 0.834. The maximum atomic E-state index is 12.6. The molecule has 220 valence electrons. The minimum atomic E-state index is -0.517. The minimum absolute atomic E-state index is 0.0807. The van der Waals surface area contributed by atoms with Gasteiger partial charge in [-0.25, -0.2) is 9.78 Å². The van der Waals surface area contributed by atoms with Gasteiger partial charge in [0.2, 0.25) is 5.91 Å². The summed E-state index contributed by atoms with van der Waals surface area (Å²) in [6.45, 7) is 0. The lowest BCUT2D eigenvalue weighted by atomic mass is 10.0. The van der Waals surface area contributed by atoms with Gasteiger partial charge in [0, 0.05) is 63.8 Å². The Kier molecular flexibility index (Phi) is 7.67. The third-order valence-corrected chi connectivity index (χ3v) is 9.19. The van der Waals surface area contributed by atoms with Gasteiger partial charge in [-0.05, 0) is 49.2 Å². The summed E-state index contributed by atoms with van der Waals surface area (Å²) in [6, 6.07) is 16.0. The number of nitrogens with zero attached hydrogens (tertiary/aromatic N) is 3. The van der Waals surface area contributed by atoms with Gasteiger partial charge < -0.3 is 21.3 Å². The number of unbranched alkanes of at least 4 members (excludes halogenated alkanes) is 1. The number of carbonyl (C=O) groups is 2. The summed E-state index contributed by atoms with van der Waals surface area (Å²) < 4.78 is 0. The average molecular weight is 602 g/mol. The predicted molar refractivity (Wildman–Crippen MR) is 165 cm³/mol. The van der Waals surface area contributed by atoms with E-state index in [1.807, 2.05) is 11.8 Å². The molecule has 0 spiro atoms. The number of urea groups is 1. The second-order valence-corrected chi connectivity index (χ2v) is 11.8. The fourth-order valence-corrected chi connectivity index (χ4v) is 7.11. The molecule has 0 saturated carbocycles. The van der Waals surface area contributed by atoms with Crippen LogP contribution < -0.4 is 21.3 Å². The molecular weight excluding hydrogens is 574 g/mol. The van der Waals surface area contributed by atoms with E-state index in [1.165, 1.54) is 24.3 Å². The lowest BCUT2D eigenvalue weighted by molar-refractivity contribution is -0.384. The van der Waals surface area contributed by atoms with Crippen LogP contribution in [0, 0.1) is 20.2 Å². The molecule has 13 nitrogen and oxygen atoms in total. The Balaban J connectivity index is 1.11. The molecule has 43 heavy (non-hydrogen) atoms. The molecule has 4 aromatic rings. The molecule has 1 aromatic heterocycles. The highest BCUT2D eigenvalue weighted by Gasteiger charge is 2.42. The Morgan fingerprint density at radius 1 is 0.907 bits per heavy atom. The highest BCUT2D eigenvalue weighted by atomic mass is 32.2. The van der Waals surface area contributed by atoms with Crippen LogP contribution in [0.4, 0.5) is 33.2 Å². The lowest BCUT2D eigenvalue weighted by Gasteiger charge is -2.16. The van der Waals surface area contributed by atoms with Crippen molar-refractivity contribution in [2.75, 3.05) is 16.4 Å². The number of carbonyl (C=O) groups excluding carboxylic acids is 2. The molecule has 0 bridgehead atoms. The van der Waals surface area contributed by atoms with Crippen LogP contribution >= 0.6 is 11.8 Å². The van der Waals surface area contributed by atoms with Crippen molar-refractivity contribution in [2.45, 2.75) is 43.0 Å². The van der Waals surface area contributed by atoms with Crippen LogP contribution in [0.25, 0.3) is 21.8 Å². The smallest absolute Gasteiger partial charge is 0.315 e. The first-order chi connectivity index (χ1) is 20.7. The summed E-state index contributed by atoms with van der Waals surface area (Å²) in [6.07, 6.45) is 2.98. The number of hydrogen-bond donors (Lipinski definition) is 4. The van der Waals surface area contributed by atoms with Gasteiger partial charge in [-0.2, -0.15) is 11.8 Å². The van der Waals surface area contributed by atoms with Crippen molar-refractivity contribution in [3.8, 4) is 0 Å². The van der Waals surface area contributed by atoms with E-state index in [-0.39, 0.29) is 35.4 Å². The van der Waals surface area contributed by atoms with Crippen LogP contribution in [0.15, 0.2) is 60.7 Å². The van der Waals surface area contributed by atoms with Crippen LogP contribution in [-0.4, -0.2) is 49.9 Å². The van der Waals surface area contributed by atoms with Crippen molar-refractivity contribution in [3.05, 3.63) is 80.9 Å². The number of pyridine rings is 1. The van der Waals surface area contributed by atoms with E-state index in [0.29, 0.717) is 50.5 Å². The van der Waals surface area contributed by atoms with Crippen LogP contribution in [0.3, 0.4) is 0 Å². The normalized spacial score (nSPS) is 19.1. The van der Waals surface area contributed by atoms with Gasteiger partial charge in [-0.15, -0.1) is 0 Å². The topological polar surface area (TPSA) is 181 Å². The SMILES string of the molecule is O=C(CCCCC1SCC2NC(=O)NC21)Nc1ccc(Nc2c3ccc([N+](=O)[O-])cc3nc3cc([N+](=O)[O-])ccc23)cc1. The molecule has 14 heteroatoms. The van der Waals surface area contributed by atoms with Gasteiger partial charge in [0.05, 0.1) is 38.7 Å². The van der Waals surface area contributed by atoms with Gasteiger partial charge in [0.1, 0.15) is 0 Å². The van der Waals surface area contributed by atoms with Crippen molar-refractivity contribution in [1.29, 1.82) is 0 Å². The fraction of sp³-hybridized carbons (Fsp3) is 0.276. The Bertz CT molecular complexity index is 1690. The molecule has 2 aliphatic heterocycles.